The average molecular weight is 256 g/mol. The smallest absolute Gasteiger partial charge is 0.0785 e. The minimum Gasteiger partial charge on any atom is -0.310 e. The summed E-state index contributed by atoms with van der Waals surface area (Å²) in [6.45, 7) is 4.81. The second kappa shape index (κ2) is 5.48. The summed E-state index contributed by atoms with van der Waals surface area (Å²) >= 11 is 7.57. The zero-order valence-electron chi connectivity index (χ0n) is 9.11. The highest BCUT2D eigenvalue weighted by Gasteiger charge is 1.99. The summed E-state index contributed by atoms with van der Waals surface area (Å²) in [5.41, 5.74) is 1.36. The molecule has 0 aromatic carbocycles. The molecule has 2 aromatic rings. The van der Waals surface area contributed by atoms with Crippen molar-refractivity contribution in [1.82, 2.24) is 15.1 Å². The standard InChI is InChI=1S/C11H14ClN3S/c1-9-2-5-16-11(9)7-13-3-4-15-8-10(12)6-14-15/h2,5-6,8,13H,3-4,7H2,1H3. The molecule has 0 aliphatic carbocycles. The number of hydrogen-bond acceptors (Lipinski definition) is 3. The van der Waals surface area contributed by atoms with Crippen LogP contribution in [0.1, 0.15) is 10.4 Å². The molecule has 0 aliphatic heterocycles. The summed E-state index contributed by atoms with van der Waals surface area (Å²) in [5, 5.41) is 10.3. The van der Waals surface area contributed by atoms with E-state index < -0.39 is 0 Å². The second-order valence-corrected chi connectivity index (χ2v) is 5.06. The van der Waals surface area contributed by atoms with Gasteiger partial charge in [0.05, 0.1) is 17.8 Å². The number of nitrogens with one attached hydrogen (secondary N) is 1. The highest BCUT2D eigenvalue weighted by atomic mass is 35.5. The monoisotopic (exact) mass is 255 g/mol. The van der Waals surface area contributed by atoms with Crippen molar-refractivity contribution in [3.63, 3.8) is 0 Å². The molecule has 0 saturated heterocycles. The molecule has 0 radical (unpaired) electrons. The molecule has 86 valence electrons. The number of hydrogen-bond donors (Lipinski definition) is 1. The van der Waals surface area contributed by atoms with Crippen molar-refractivity contribution in [3.8, 4) is 0 Å². The largest absolute Gasteiger partial charge is 0.310 e. The predicted molar refractivity (Wildman–Crippen MR) is 68.0 cm³/mol. The summed E-state index contributed by atoms with van der Waals surface area (Å²) in [6.07, 6.45) is 3.49. The molecular weight excluding hydrogens is 242 g/mol. The van der Waals surface area contributed by atoms with Gasteiger partial charge in [0.2, 0.25) is 0 Å². The van der Waals surface area contributed by atoms with Gasteiger partial charge in [0.15, 0.2) is 0 Å². The van der Waals surface area contributed by atoms with Crippen molar-refractivity contribution in [3.05, 3.63) is 39.3 Å². The molecule has 0 aliphatic rings. The fourth-order valence-corrected chi connectivity index (χ4v) is 2.47. The van der Waals surface area contributed by atoms with E-state index in [9.17, 15) is 0 Å². The summed E-state index contributed by atoms with van der Waals surface area (Å²) < 4.78 is 1.84. The topological polar surface area (TPSA) is 29.9 Å². The van der Waals surface area contributed by atoms with Gasteiger partial charge < -0.3 is 5.32 Å². The lowest BCUT2D eigenvalue weighted by molar-refractivity contribution is 0.556. The Balaban J connectivity index is 1.71. The lowest BCUT2D eigenvalue weighted by Crippen LogP contribution is -2.19. The van der Waals surface area contributed by atoms with E-state index in [1.165, 1.54) is 10.4 Å². The first-order valence-corrected chi connectivity index (χ1v) is 6.43. The third-order valence-corrected chi connectivity index (χ3v) is 3.59. The molecule has 16 heavy (non-hydrogen) atoms. The van der Waals surface area contributed by atoms with Crippen LogP contribution in [-0.4, -0.2) is 16.3 Å². The number of nitrogens with zero attached hydrogens (tertiary/aromatic N) is 2. The molecule has 0 unspecified atom stereocenters. The Kier molecular flexibility index (Phi) is 3.98. The van der Waals surface area contributed by atoms with E-state index in [0.29, 0.717) is 5.02 Å². The fourth-order valence-electron chi connectivity index (χ4n) is 1.44. The Morgan fingerprint density at radius 2 is 2.44 bits per heavy atom. The number of thiophene rings is 1. The summed E-state index contributed by atoms with van der Waals surface area (Å²) in [7, 11) is 0. The molecule has 1 N–H and O–H groups in total. The first-order chi connectivity index (χ1) is 7.75. The van der Waals surface area contributed by atoms with E-state index in [1.807, 2.05) is 10.9 Å². The van der Waals surface area contributed by atoms with Gasteiger partial charge in [0.1, 0.15) is 0 Å². The van der Waals surface area contributed by atoms with Crippen LogP contribution in [0.4, 0.5) is 0 Å². The van der Waals surface area contributed by atoms with E-state index >= 15 is 0 Å². The van der Waals surface area contributed by atoms with E-state index in [4.69, 9.17) is 11.6 Å². The normalized spacial score (nSPS) is 10.9. The summed E-state index contributed by atoms with van der Waals surface area (Å²) in [5.74, 6) is 0. The van der Waals surface area contributed by atoms with Crippen LogP contribution in [0.15, 0.2) is 23.8 Å². The van der Waals surface area contributed by atoms with E-state index in [-0.39, 0.29) is 0 Å². The van der Waals surface area contributed by atoms with Crippen molar-refractivity contribution in [1.29, 1.82) is 0 Å². The van der Waals surface area contributed by atoms with Crippen LogP contribution in [-0.2, 0) is 13.1 Å². The highest BCUT2D eigenvalue weighted by molar-refractivity contribution is 7.10. The van der Waals surface area contributed by atoms with Gasteiger partial charge in [-0.2, -0.15) is 5.10 Å². The molecule has 0 atom stereocenters. The van der Waals surface area contributed by atoms with Crippen molar-refractivity contribution < 1.29 is 0 Å². The summed E-state index contributed by atoms with van der Waals surface area (Å²) in [6, 6.07) is 2.15. The quantitative estimate of drug-likeness (QED) is 0.833. The van der Waals surface area contributed by atoms with Crippen LogP contribution in [0.5, 0.6) is 0 Å². The molecular formula is C11H14ClN3S. The zero-order chi connectivity index (χ0) is 11.4. The van der Waals surface area contributed by atoms with Crippen LogP contribution in [0, 0.1) is 6.92 Å². The lowest BCUT2D eigenvalue weighted by atomic mass is 10.3. The minimum absolute atomic E-state index is 0.689. The van der Waals surface area contributed by atoms with Gasteiger partial charge in [0, 0.05) is 24.2 Å². The molecule has 0 saturated carbocycles. The SMILES string of the molecule is Cc1ccsc1CNCCn1cc(Cl)cn1. The molecule has 0 amide bonds. The van der Waals surface area contributed by atoms with Gasteiger partial charge in [-0.25, -0.2) is 0 Å². The first kappa shape index (κ1) is 11.6. The molecule has 2 rings (SSSR count). The molecule has 2 aromatic heterocycles. The van der Waals surface area contributed by atoms with Gasteiger partial charge in [-0.3, -0.25) is 4.68 Å². The Morgan fingerprint density at radius 1 is 1.56 bits per heavy atom. The Hall–Kier alpha value is -0.840. The van der Waals surface area contributed by atoms with Gasteiger partial charge >= 0.3 is 0 Å². The van der Waals surface area contributed by atoms with Crippen molar-refractivity contribution >= 4 is 22.9 Å². The molecule has 0 bridgehead atoms. The van der Waals surface area contributed by atoms with Gasteiger partial charge in [-0.1, -0.05) is 11.6 Å². The minimum atomic E-state index is 0.689. The van der Waals surface area contributed by atoms with Crippen molar-refractivity contribution in [2.24, 2.45) is 0 Å². The van der Waals surface area contributed by atoms with E-state index in [0.717, 1.165) is 19.6 Å². The maximum absolute atomic E-state index is 5.77. The Morgan fingerprint density at radius 3 is 3.06 bits per heavy atom. The first-order valence-electron chi connectivity index (χ1n) is 5.17. The predicted octanol–water partition coefficient (Wildman–Crippen LogP) is 2.70. The van der Waals surface area contributed by atoms with Crippen LogP contribution < -0.4 is 5.32 Å². The van der Waals surface area contributed by atoms with Crippen molar-refractivity contribution in [2.75, 3.05) is 6.54 Å². The summed E-state index contributed by atoms with van der Waals surface area (Å²) in [4.78, 5) is 1.40. The van der Waals surface area contributed by atoms with Crippen LogP contribution >= 0.6 is 22.9 Å². The molecule has 5 heteroatoms. The number of aryl methyl sites for hydroxylation is 1. The molecule has 0 spiro atoms. The van der Waals surface area contributed by atoms with Crippen LogP contribution in [0.2, 0.25) is 5.02 Å². The Labute approximate surface area is 104 Å². The third-order valence-electron chi connectivity index (χ3n) is 2.37. The maximum Gasteiger partial charge on any atom is 0.0785 e. The van der Waals surface area contributed by atoms with Gasteiger partial charge in [-0.05, 0) is 23.9 Å². The molecule has 0 fully saturated rings. The van der Waals surface area contributed by atoms with Gasteiger partial charge in [0.25, 0.3) is 0 Å². The van der Waals surface area contributed by atoms with E-state index in [1.54, 1.807) is 17.5 Å². The number of halogens is 1. The maximum atomic E-state index is 5.77. The Bertz CT molecular complexity index is 450. The van der Waals surface area contributed by atoms with E-state index in [2.05, 4.69) is 28.8 Å². The molecule has 3 nitrogen and oxygen atoms in total. The third kappa shape index (κ3) is 3.07. The average Bonchev–Trinajstić information content (AvgIpc) is 2.83. The fraction of sp³-hybridized carbons (Fsp3) is 0.364. The van der Waals surface area contributed by atoms with Crippen LogP contribution in [0.3, 0.4) is 0 Å². The lowest BCUT2D eigenvalue weighted by Gasteiger charge is -2.04. The van der Waals surface area contributed by atoms with Crippen molar-refractivity contribution in [2.45, 2.75) is 20.0 Å². The van der Waals surface area contributed by atoms with Crippen LogP contribution in [0.25, 0.3) is 0 Å². The zero-order valence-corrected chi connectivity index (χ0v) is 10.7. The number of rotatable bonds is 5. The number of aromatic nitrogens is 2. The second-order valence-electron chi connectivity index (χ2n) is 3.63. The van der Waals surface area contributed by atoms with Gasteiger partial charge in [-0.15, -0.1) is 11.3 Å². The highest BCUT2D eigenvalue weighted by Crippen LogP contribution is 2.14. The molecule has 2 heterocycles.